The summed E-state index contributed by atoms with van der Waals surface area (Å²) in [6, 6.07) is 14.2. The Hall–Kier alpha value is -2.98. The molecular formula is C21H25N5O2. The van der Waals surface area contributed by atoms with Crippen molar-refractivity contribution in [2.45, 2.75) is 26.3 Å². The summed E-state index contributed by atoms with van der Waals surface area (Å²) < 4.78 is 11.2. The van der Waals surface area contributed by atoms with Crippen molar-refractivity contribution in [1.29, 1.82) is 5.26 Å². The van der Waals surface area contributed by atoms with Gasteiger partial charge in [0.1, 0.15) is 0 Å². The van der Waals surface area contributed by atoms with E-state index >= 15 is 0 Å². The number of ether oxygens (including phenoxy) is 2. The Morgan fingerprint density at radius 3 is 2.89 bits per heavy atom. The lowest BCUT2D eigenvalue weighted by Gasteiger charge is -2.29. The van der Waals surface area contributed by atoms with Crippen LogP contribution in [0, 0.1) is 18.3 Å². The summed E-state index contributed by atoms with van der Waals surface area (Å²) in [5, 5.41) is 17.3. The number of unbranched alkanes of at least 4 members (excludes halogenated alkanes) is 1. The minimum Gasteiger partial charge on any atom is -0.478 e. The Morgan fingerprint density at radius 1 is 1.25 bits per heavy atom. The quantitative estimate of drug-likeness (QED) is 0.507. The van der Waals surface area contributed by atoms with E-state index in [-0.39, 0.29) is 0 Å². The first-order valence-corrected chi connectivity index (χ1v) is 9.52. The van der Waals surface area contributed by atoms with Crippen LogP contribution in [0.5, 0.6) is 5.88 Å². The van der Waals surface area contributed by atoms with Gasteiger partial charge in [-0.05, 0) is 18.9 Å². The number of morpholine rings is 1. The molecule has 7 heteroatoms. The summed E-state index contributed by atoms with van der Waals surface area (Å²) in [5.74, 6) is 1.03. The number of pyridine rings is 1. The van der Waals surface area contributed by atoms with Gasteiger partial charge in [0.05, 0.1) is 32.4 Å². The fourth-order valence-corrected chi connectivity index (χ4v) is 2.94. The fourth-order valence-electron chi connectivity index (χ4n) is 2.94. The second-order valence-electron chi connectivity index (χ2n) is 6.62. The van der Waals surface area contributed by atoms with Crippen LogP contribution in [0.2, 0.25) is 0 Å². The van der Waals surface area contributed by atoms with Gasteiger partial charge in [-0.2, -0.15) is 15.4 Å². The van der Waals surface area contributed by atoms with Gasteiger partial charge in [-0.15, -0.1) is 5.11 Å². The largest absolute Gasteiger partial charge is 0.478 e. The highest BCUT2D eigenvalue weighted by Gasteiger charge is 2.14. The molecule has 0 amide bonds. The molecule has 0 N–H and O–H groups in total. The van der Waals surface area contributed by atoms with Crippen molar-refractivity contribution >= 4 is 11.5 Å². The smallest absolute Gasteiger partial charge is 0.217 e. The molecule has 1 aromatic carbocycles. The number of anilines is 1. The number of aromatic nitrogens is 1. The number of hydrogen-bond acceptors (Lipinski definition) is 7. The molecule has 146 valence electrons. The molecule has 2 aromatic rings. The standard InChI is InChI=1S/C21H25N5O2/c1-17-5-4-6-18(13-17)16-23-25-20-14-19(26-8-11-27-12-9-26)15-21(24-20)28-10-3-2-7-22/h4-6,13-15H,2-3,8-12,16H2,1H3. The van der Waals surface area contributed by atoms with Crippen LogP contribution in [0.25, 0.3) is 0 Å². The first kappa shape index (κ1) is 19.8. The molecule has 28 heavy (non-hydrogen) atoms. The van der Waals surface area contributed by atoms with Gasteiger partial charge in [0.15, 0.2) is 5.82 Å². The highest BCUT2D eigenvalue weighted by molar-refractivity contribution is 5.55. The molecule has 0 atom stereocenters. The maximum Gasteiger partial charge on any atom is 0.217 e. The lowest BCUT2D eigenvalue weighted by atomic mass is 10.1. The first-order chi connectivity index (χ1) is 13.7. The van der Waals surface area contributed by atoms with Crippen LogP contribution in [0.15, 0.2) is 46.6 Å². The van der Waals surface area contributed by atoms with Gasteiger partial charge in [-0.1, -0.05) is 29.8 Å². The van der Waals surface area contributed by atoms with Crippen LogP contribution in [0.3, 0.4) is 0 Å². The fraction of sp³-hybridized carbons (Fsp3) is 0.429. The zero-order chi connectivity index (χ0) is 19.6. The van der Waals surface area contributed by atoms with Crippen molar-refractivity contribution in [3.63, 3.8) is 0 Å². The highest BCUT2D eigenvalue weighted by Crippen LogP contribution is 2.26. The summed E-state index contributed by atoms with van der Waals surface area (Å²) in [5.41, 5.74) is 3.31. The Labute approximate surface area is 165 Å². The van der Waals surface area contributed by atoms with Crippen LogP contribution in [-0.4, -0.2) is 37.9 Å². The maximum atomic E-state index is 8.66. The third-order valence-corrected chi connectivity index (χ3v) is 4.34. The normalized spacial score (nSPS) is 14.2. The Kier molecular flexibility index (Phi) is 7.33. The summed E-state index contributed by atoms with van der Waals surface area (Å²) in [7, 11) is 0. The van der Waals surface area contributed by atoms with Gasteiger partial charge in [0, 0.05) is 37.3 Å². The molecule has 1 aromatic heterocycles. The molecule has 0 radical (unpaired) electrons. The molecule has 1 saturated heterocycles. The predicted octanol–water partition coefficient (Wildman–Crippen LogP) is 4.19. The molecule has 7 nitrogen and oxygen atoms in total. The van der Waals surface area contributed by atoms with Crippen LogP contribution in [0.1, 0.15) is 24.0 Å². The van der Waals surface area contributed by atoms with Gasteiger partial charge in [0.25, 0.3) is 0 Å². The van der Waals surface area contributed by atoms with Crippen molar-refractivity contribution < 1.29 is 9.47 Å². The van der Waals surface area contributed by atoms with Gasteiger partial charge in [0.2, 0.25) is 5.88 Å². The summed E-state index contributed by atoms with van der Waals surface area (Å²) >= 11 is 0. The van der Waals surface area contributed by atoms with Crippen LogP contribution in [0.4, 0.5) is 11.5 Å². The van der Waals surface area contributed by atoms with Gasteiger partial charge >= 0.3 is 0 Å². The van der Waals surface area contributed by atoms with Gasteiger partial charge in [-0.3, -0.25) is 0 Å². The lowest BCUT2D eigenvalue weighted by molar-refractivity contribution is 0.122. The second-order valence-corrected chi connectivity index (χ2v) is 6.62. The Balaban J connectivity index is 1.73. The molecule has 0 saturated carbocycles. The van der Waals surface area contributed by atoms with Crippen molar-refractivity contribution in [2.24, 2.45) is 10.2 Å². The van der Waals surface area contributed by atoms with E-state index in [4.69, 9.17) is 14.7 Å². The Morgan fingerprint density at radius 2 is 2.11 bits per heavy atom. The molecule has 0 bridgehead atoms. The van der Waals surface area contributed by atoms with Crippen LogP contribution >= 0.6 is 0 Å². The van der Waals surface area contributed by atoms with E-state index in [9.17, 15) is 0 Å². The van der Waals surface area contributed by atoms with E-state index in [0.717, 1.165) is 24.3 Å². The molecule has 3 rings (SSSR count). The van der Waals surface area contributed by atoms with E-state index in [2.05, 4.69) is 45.2 Å². The van der Waals surface area contributed by atoms with Crippen LogP contribution in [-0.2, 0) is 11.3 Å². The SMILES string of the molecule is Cc1cccc(CN=Nc2cc(N3CCOCC3)cc(OCCCC#N)n2)c1. The Bertz CT molecular complexity index is 841. The van der Waals surface area contributed by atoms with Crippen molar-refractivity contribution in [2.75, 3.05) is 37.8 Å². The molecule has 2 heterocycles. The minimum atomic E-state index is 0.451. The van der Waals surface area contributed by atoms with Crippen molar-refractivity contribution in [1.82, 2.24) is 4.98 Å². The van der Waals surface area contributed by atoms with Crippen molar-refractivity contribution in [3.05, 3.63) is 47.5 Å². The average Bonchev–Trinajstić information content (AvgIpc) is 2.72. The molecule has 0 spiro atoms. The first-order valence-electron chi connectivity index (χ1n) is 9.52. The van der Waals surface area contributed by atoms with Gasteiger partial charge < -0.3 is 14.4 Å². The molecular weight excluding hydrogens is 354 g/mol. The predicted molar refractivity (Wildman–Crippen MR) is 107 cm³/mol. The summed E-state index contributed by atoms with van der Waals surface area (Å²) in [6.45, 7) is 6.05. The van der Waals surface area contributed by atoms with Crippen LogP contribution < -0.4 is 9.64 Å². The number of benzene rings is 1. The number of rotatable bonds is 8. The zero-order valence-electron chi connectivity index (χ0n) is 16.2. The minimum absolute atomic E-state index is 0.451. The zero-order valence-corrected chi connectivity index (χ0v) is 16.2. The third-order valence-electron chi connectivity index (χ3n) is 4.34. The highest BCUT2D eigenvalue weighted by atomic mass is 16.5. The number of hydrogen-bond donors (Lipinski definition) is 0. The topological polar surface area (TPSA) is 83.1 Å². The third kappa shape index (κ3) is 6.03. The molecule has 0 aliphatic carbocycles. The molecule has 1 aliphatic heterocycles. The number of azo groups is 1. The van der Waals surface area contributed by atoms with E-state index in [1.807, 2.05) is 24.3 Å². The summed E-state index contributed by atoms with van der Waals surface area (Å²) in [6.07, 6.45) is 1.14. The van der Waals surface area contributed by atoms with Crippen molar-refractivity contribution in [3.8, 4) is 11.9 Å². The molecule has 1 aliphatic rings. The molecule has 0 unspecified atom stereocenters. The lowest BCUT2D eigenvalue weighted by Crippen LogP contribution is -2.36. The monoisotopic (exact) mass is 379 g/mol. The van der Waals surface area contributed by atoms with E-state index in [0.29, 0.717) is 50.9 Å². The number of aryl methyl sites for hydroxylation is 1. The molecule has 1 fully saturated rings. The van der Waals surface area contributed by atoms with Gasteiger partial charge in [-0.25, -0.2) is 0 Å². The summed E-state index contributed by atoms with van der Waals surface area (Å²) in [4.78, 5) is 6.68. The maximum absolute atomic E-state index is 8.66. The number of nitrogens with zero attached hydrogens (tertiary/aromatic N) is 5. The second kappa shape index (κ2) is 10.4. The average molecular weight is 379 g/mol. The number of nitriles is 1. The van der Waals surface area contributed by atoms with E-state index in [1.54, 1.807) is 0 Å². The van der Waals surface area contributed by atoms with E-state index in [1.165, 1.54) is 5.56 Å². The van der Waals surface area contributed by atoms with E-state index < -0.39 is 0 Å².